The van der Waals surface area contributed by atoms with Gasteiger partial charge in [0.25, 0.3) is 0 Å². The van der Waals surface area contributed by atoms with E-state index in [0.29, 0.717) is 0 Å². The molecular weight excluding hydrogens is 422 g/mol. The van der Waals surface area contributed by atoms with E-state index < -0.39 is 30.4 Å². The number of benzene rings is 2. The third kappa shape index (κ3) is 5.11. The van der Waals surface area contributed by atoms with Gasteiger partial charge in [-0.05, 0) is 29.2 Å². The molecule has 2 aromatic carbocycles. The summed E-state index contributed by atoms with van der Waals surface area (Å²) in [5.74, 6) is -7.33. The van der Waals surface area contributed by atoms with Crippen LogP contribution in [0.15, 0.2) is 60.2 Å². The van der Waals surface area contributed by atoms with Crippen LogP contribution in [0.5, 0.6) is 0 Å². The van der Waals surface area contributed by atoms with E-state index in [1.165, 1.54) is 13.0 Å². The van der Waals surface area contributed by atoms with E-state index >= 15 is 0 Å². The maximum atomic E-state index is 13.0. The lowest BCUT2D eigenvalue weighted by Gasteiger charge is -2.14. The van der Waals surface area contributed by atoms with Crippen molar-refractivity contribution < 1.29 is 33.0 Å². The molecule has 3 rings (SSSR count). The summed E-state index contributed by atoms with van der Waals surface area (Å²) in [6.07, 6.45) is 0.629. The maximum Gasteiger partial charge on any atom is 0.407 e. The Balaban J connectivity index is 1.50. The molecule has 0 saturated heterocycles. The number of carbonyl (C=O) groups excluding carboxylic acids is 2. The predicted octanol–water partition coefficient (Wildman–Crippen LogP) is 3.31. The molecule has 32 heavy (non-hydrogen) atoms. The molecule has 168 valence electrons. The molecular formula is C23H22F2N2O5. The van der Waals surface area contributed by atoms with Crippen LogP contribution in [0.4, 0.5) is 13.6 Å². The van der Waals surface area contributed by atoms with Gasteiger partial charge in [0.2, 0.25) is 5.91 Å². The fourth-order valence-electron chi connectivity index (χ4n) is 3.44. The minimum Gasteiger partial charge on any atom is -0.477 e. The molecule has 0 aromatic heterocycles. The van der Waals surface area contributed by atoms with Gasteiger partial charge in [-0.3, -0.25) is 4.79 Å². The zero-order valence-corrected chi connectivity index (χ0v) is 17.2. The number of fused-ring (bicyclic) bond motifs is 3. The van der Waals surface area contributed by atoms with E-state index in [2.05, 4.69) is 5.32 Å². The van der Waals surface area contributed by atoms with Crippen molar-refractivity contribution in [1.82, 2.24) is 10.6 Å². The largest absolute Gasteiger partial charge is 0.477 e. The highest BCUT2D eigenvalue weighted by Crippen LogP contribution is 2.44. The Morgan fingerprint density at radius 3 is 2.16 bits per heavy atom. The van der Waals surface area contributed by atoms with Crippen molar-refractivity contribution in [2.75, 3.05) is 19.7 Å². The number of alkyl carbamates (subject to hydrolysis) is 1. The average Bonchev–Trinajstić information content (AvgIpc) is 3.09. The van der Waals surface area contributed by atoms with Crippen LogP contribution >= 0.6 is 0 Å². The Labute approximate surface area is 183 Å². The average molecular weight is 444 g/mol. The summed E-state index contributed by atoms with van der Waals surface area (Å²) >= 11 is 0. The van der Waals surface area contributed by atoms with Crippen molar-refractivity contribution in [1.29, 1.82) is 0 Å². The molecule has 9 heteroatoms. The zero-order chi connectivity index (χ0) is 23.3. The third-order valence-corrected chi connectivity index (χ3v) is 5.14. The molecule has 1 aliphatic rings. The highest BCUT2D eigenvalue weighted by molar-refractivity contribution is 5.93. The highest BCUT2D eigenvalue weighted by atomic mass is 19.3. The van der Waals surface area contributed by atoms with Crippen molar-refractivity contribution in [2.24, 2.45) is 0 Å². The van der Waals surface area contributed by atoms with Gasteiger partial charge >= 0.3 is 18.0 Å². The van der Waals surface area contributed by atoms with Gasteiger partial charge in [0.05, 0.1) is 6.54 Å². The number of carbonyl (C=O) groups is 3. The normalized spacial score (nSPS) is 13.2. The van der Waals surface area contributed by atoms with Crippen LogP contribution in [0.2, 0.25) is 0 Å². The van der Waals surface area contributed by atoms with Crippen LogP contribution in [0.1, 0.15) is 24.0 Å². The molecule has 1 aliphatic carbocycles. The Hall–Kier alpha value is -3.75. The zero-order valence-electron chi connectivity index (χ0n) is 17.2. The van der Waals surface area contributed by atoms with Gasteiger partial charge in [-0.25, -0.2) is 9.59 Å². The smallest absolute Gasteiger partial charge is 0.407 e. The van der Waals surface area contributed by atoms with Crippen molar-refractivity contribution in [2.45, 2.75) is 18.8 Å². The van der Waals surface area contributed by atoms with E-state index in [4.69, 9.17) is 9.84 Å². The number of carboxylic acids is 1. The SMILES string of the molecule is C/C(=C\CNC(=O)OCC1c2ccccc2-c2ccccc21)C(=O)NCC(F)(F)C(=O)O. The lowest BCUT2D eigenvalue weighted by molar-refractivity contribution is -0.164. The molecule has 0 unspecified atom stereocenters. The summed E-state index contributed by atoms with van der Waals surface area (Å²) in [5.41, 5.74) is 4.41. The summed E-state index contributed by atoms with van der Waals surface area (Å²) in [5, 5.41) is 12.7. The Morgan fingerprint density at radius 2 is 1.59 bits per heavy atom. The van der Waals surface area contributed by atoms with Crippen LogP contribution in [0.3, 0.4) is 0 Å². The second-order valence-electron chi connectivity index (χ2n) is 7.29. The highest BCUT2D eigenvalue weighted by Gasteiger charge is 2.39. The minimum absolute atomic E-state index is 0.0464. The van der Waals surface area contributed by atoms with E-state index in [1.54, 1.807) is 0 Å². The van der Waals surface area contributed by atoms with Crippen LogP contribution < -0.4 is 10.6 Å². The molecule has 0 radical (unpaired) electrons. The van der Waals surface area contributed by atoms with Gasteiger partial charge in [-0.1, -0.05) is 54.6 Å². The molecule has 2 aromatic rings. The van der Waals surface area contributed by atoms with Gasteiger partial charge in [-0.2, -0.15) is 8.78 Å². The fraction of sp³-hybridized carbons (Fsp3) is 0.261. The topological polar surface area (TPSA) is 105 Å². The van der Waals surface area contributed by atoms with Crippen molar-refractivity contribution in [3.05, 3.63) is 71.3 Å². The number of amides is 2. The molecule has 7 nitrogen and oxygen atoms in total. The number of hydrogen-bond donors (Lipinski definition) is 3. The van der Waals surface area contributed by atoms with Gasteiger partial charge in [0.1, 0.15) is 6.61 Å². The summed E-state index contributed by atoms with van der Waals surface area (Å²) in [6.45, 7) is 0.0956. The molecule has 0 heterocycles. The fourth-order valence-corrected chi connectivity index (χ4v) is 3.44. The monoisotopic (exact) mass is 444 g/mol. The van der Waals surface area contributed by atoms with E-state index in [-0.39, 0.29) is 24.6 Å². The third-order valence-electron chi connectivity index (χ3n) is 5.14. The predicted molar refractivity (Wildman–Crippen MR) is 112 cm³/mol. The number of halogens is 2. The number of carboxylic acid groups (broad SMARTS) is 1. The summed E-state index contributed by atoms with van der Waals surface area (Å²) in [7, 11) is 0. The summed E-state index contributed by atoms with van der Waals surface area (Å²) in [6, 6.07) is 15.8. The first-order valence-electron chi connectivity index (χ1n) is 9.85. The Bertz CT molecular complexity index is 1020. The quantitative estimate of drug-likeness (QED) is 0.542. The Kier molecular flexibility index (Phi) is 6.87. The van der Waals surface area contributed by atoms with Crippen LogP contribution in [-0.2, 0) is 14.3 Å². The van der Waals surface area contributed by atoms with E-state index in [1.807, 2.05) is 53.8 Å². The van der Waals surface area contributed by atoms with Crippen LogP contribution in [-0.4, -0.2) is 48.7 Å². The first kappa shape index (κ1) is 22.9. The summed E-state index contributed by atoms with van der Waals surface area (Å²) in [4.78, 5) is 34.2. The lowest BCUT2D eigenvalue weighted by atomic mass is 9.98. The van der Waals surface area contributed by atoms with Crippen LogP contribution in [0.25, 0.3) is 11.1 Å². The second kappa shape index (κ2) is 9.59. The number of ether oxygens (including phenoxy) is 1. The minimum atomic E-state index is -4.06. The molecule has 0 fully saturated rings. The number of rotatable bonds is 8. The maximum absolute atomic E-state index is 13.0. The number of alkyl halides is 2. The Morgan fingerprint density at radius 1 is 1.03 bits per heavy atom. The number of hydrogen-bond acceptors (Lipinski definition) is 4. The van der Waals surface area contributed by atoms with Crippen molar-refractivity contribution in [3.63, 3.8) is 0 Å². The van der Waals surface area contributed by atoms with E-state index in [9.17, 15) is 23.2 Å². The van der Waals surface area contributed by atoms with Crippen molar-refractivity contribution >= 4 is 18.0 Å². The van der Waals surface area contributed by atoms with Crippen molar-refractivity contribution in [3.8, 4) is 11.1 Å². The molecule has 2 amide bonds. The van der Waals surface area contributed by atoms with Crippen LogP contribution in [0, 0.1) is 0 Å². The molecule has 3 N–H and O–H groups in total. The molecule has 0 atom stereocenters. The lowest BCUT2D eigenvalue weighted by Crippen LogP contribution is -2.42. The first-order valence-corrected chi connectivity index (χ1v) is 9.85. The van der Waals surface area contributed by atoms with Gasteiger partial charge in [0.15, 0.2) is 0 Å². The molecule has 0 aliphatic heterocycles. The van der Waals surface area contributed by atoms with Gasteiger partial charge in [-0.15, -0.1) is 0 Å². The molecule has 0 bridgehead atoms. The van der Waals surface area contributed by atoms with E-state index in [0.717, 1.165) is 22.3 Å². The first-order chi connectivity index (χ1) is 15.2. The van der Waals surface area contributed by atoms with Gasteiger partial charge < -0.3 is 20.5 Å². The summed E-state index contributed by atoms with van der Waals surface area (Å²) < 4.78 is 31.4. The number of aliphatic carboxylic acids is 1. The molecule has 0 saturated carbocycles. The number of nitrogens with one attached hydrogen (secondary N) is 2. The second-order valence-corrected chi connectivity index (χ2v) is 7.29. The molecule has 0 spiro atoms. The standard InChI is InChI=1S/C23H22F2N2O5/c1-14(20(28)27-13-23(24,25)21(29)30)10-11-26-22(31)32-12-19-17-8-4-2-6-15(17)16-7-3-5-9-18(16)19/h2-10,19H,11-13H2,1H3,(H,26,31)(H,27,28)(H,29,30)/b14-10+. The van der Waals surface area contributed by atoms with Gasteiger partial charge in [0, 0.05) is 18.0 Å².